The SMILES string of the molecule is Nc1ccc(OCCNc2nc3ccccn3n2)cc1. The Bertz CT molecular complexity index is 659. The number of pyridine rings is 1. The summed E-state index contributed by atoms with van der Waals surface area (Å²) < 4.78 is 7.30. The molecule has 2 heterocycles. The first-order valence-corrected chi connectivity index (χ1v) is 6.35. The van der Waals surface area contributed by atoms with Crippen molar-refractivity contribution >= 4 is 17.3 Å². The number of aromatic nitrogens is 3. The van der Waals surface area contributed by atoms with Gasteiger partial charge in [-0.2, -0.15) is 4.98 Å². The van der Waals surface area contributed by atoms with E-state index in [1.807, 2.05) is 48.7 Å². The number of nitrogens with two attached hydrogens (primary N) is 1. The lowest BCUT2D eigenvalue weighted by atomic mass is 10.3. The average molecular weight is 269 g/mol. The number of ether oxygens (including phenoxy) is 1. The molecule has 3 aromatic rings. The zero-order chi connectivity index (χ0) is 13.8. The zero-order valence-electron chi connectivity index (χ0n) is 10.9. The second kappa shape index (κ2) is 5.48. The van der Waals surface area contributed by atoms with E-state index in [4.69, 9.17) is 10.5 Å². The van der Waals surface area contributed by atoms with Crippen molar-refractivity contribution in [3.63, 3.8) is 0 Å². The number of nitrogens with zero attached hydrogens (tertiary/aromatic N) is 3. The van der Waals surface area contributed by atoms with Crippen molar-refractivity contribution in [2.45, 2.75) is 0 Å². The predicted molar refractivity (Wildman–Crippen MR) is 77.8 cm³/mol. The molecule has 0 amide bonds. The minimum atomic E-state index is 0.527. The van der Waals surface area contributed by atoms with Crippen LogP contribution in [0.4, 0.5) is 11.6 Å². The highest BCUT2D eigenvalue weighted by Gasteiger charge is 2.01. The summed E-state index contributed by atoms with van der Waals surface area (Å²) in [6, 6.07) is 13.1. The number of benzene rings is 1. The molecule has 0 atom stereocenters. The van der Waals surface area contributed by atoms with Gasteiger partial charge in [-0.1, -0.05) is 6.07 Å². The average Bonchev–Trinajstić information content (AvgIpc) is 2.88. The van der Waals surface area contributed by atoms with Crippen LogP contribution in [-0.2, 0) is 0 Å². The van der Waals surface area contributed by atoms with Gasteiger partial charge >= 0.3 is 0 Å². The van der Waals surface area contributed by atoms with Gasteiger partial charge in [-0.05, 0) is 36.4 Å². The molecule has 1 aromatic carbocycles. The largest absolute Gasteiger partial charge is 0.492 e. The fourth-order valence-electron chi connectivity index (χ4n) is 1.80. The molecule has 0 aliphatic rings. The summed E-state index contributed by atoms with van der Waals surface area (Å²) in [4.78, 5) is 4.34. The molecule has 0 saturated heterocycles. The second-order valence-corrected chi connectivity index (χ2v) is 4.28. The summed E-state index contributed by atoms with van der Waals surface area (Å²) in [5.41, 5.74) is 7.15. The van der Waals surface area contributed by atoms with Crippen LogP contribution in [0, 0.1) is 0 Å². The highest BCUT2D eigenvalue weighted by Crippen LogP contribution is 2.12. The lowest BCUT2D eigenvalue weighted by molar-refractivity contribution is 0.332. The van der Waals surface area contributed by atoms with E-state index in [1.54, 1.807) is 4.52 Å². The fourth-order valence-corrected chi connectivity index (χ4v) is 1.80. The lowest BCUT2D eigenvalue weighted by Gasteiger charge is -2.06. The van der Waals surface area contributed by atoms with E-state index in [2.05, 4.69) is 15.4 Å². The highest BCUT2D eigenvalue weighted by atomic mass is 16.5. The molecule has 6 heteroatoms. The van der Waals surface area contributed by atoms with Gasteiger partial charge < -0.3 is 15.8 Å². The minimum absolute atomic E-state index is 0.527. The molecule has 6 nitrogen and oxygen atoms in total. The summed E-state index contributed by atoms with van der Waals surface area (Å²) in [7, 11) is 0. The molecule has 0 unspecified atom stereocenters. The number of nitrogen functional groups attached to an aromatic ring is 1. The fraction of sp³-hybridized carbons (Fsp3) is 0.143. The summed E-state index contributed by atoms with van der Waals surface area (Å²) in [5.74, 6) is 1.39. The van der Waals surface area contributed by atoms with Gasteiger partial charge in [-0.15, -0.1) is 5.10 Å². The second-order valence-electron chi connectivity index (χ2n) is 4.28. The summed E-state index contributed by atoms with van der Waals surface area (Å²) in [6.07, 6.45) is 1.86. The molecular formula is C14H15N5O. The minimum Gasteiger partial charge on any atom is -0.492 e. The van der Waals surface area contributed by atoms with Crippen LogP contribution in [-0.4, -0.2) is 27.7 Å². The van der Waals surface area contributed by atoms with Crippen molar-refractivity contribution in [3.8, 4) is 5.75 Å². The first-order valence-electron chi connectivity index (χ1n) is 6.35. The van der Waals surface area contributed by atoms with E-state index in [0.29, 0.717) is 19.1 Å². The molecule has 2 aromatic heterocycles. The van der Waals surface area contributed by atoms with E-state index in [1.165, 1.54) is 0 Å². The number of fused-ring (bicyclic) bond motifs is 1. The van der Waals surface area contributed by atoms with Crippen molar-refractivity contribution in [1.29, 1.82) is 0 Å². The molecule has 20 heavy (non-hydrogen) atoms. The van der Waals surface area contributed by atoms with Crippen LogP contribution in [0.25, 0.3) is 5.65 Å². The third-order valence-electron chi connectivity index (χ3n) is 2.78. The van der Waals surface area contributed by atoms with Crippen LogP contribution in [0.15, 0.2) is 48.7 Å². The summed E-state index contributed by atoms with van der Waals surface area (Å²) in [5, 5.41) is 7.41. The molecule has 0 radical (unpaired) electrons. The molecule has 0 bridgehead atoms. The normalized spacial score (nSPS) is 10.6. The maximum absolute atomic E-state index is 5.61. The van der Waals surface area contributed by atoms with Gasteiger partial charge in [-0.25, -0.2) is 4.52 Å². The molecule has 0 aliphatic carbocycles. The molecule has 3 rings (SSSR count). The van der Waals surface area contributed by atoms with Crippen LogP contribution >= 0.6 is 0 Å². The van der Waals surface area contributed by atoms with Crippen molar-refractivity contribution in [2.24, 2.45) is 0 Å². The van der Waals surface area contributed by atoms with E-state index < -0.39 is 0 Å². The quantitative estimate of drug-likeness (QED) is 0.545. The Kier molecular flexibility index (Phi) is 3.36. The Balaban J connectivity index is 1.51. The van der Waals surface area contributed by atoms with Gasteiger partial charge in [0.05, 0.1) is 6.54 Å². The van der Waals surface area contributed by atoms with Crippen LogP contribution in [0.5, 0.6) is 5.75 Å². The monoisotopic (exact) mass is 269 g/mol. The third-order valence-corrected chi connectivity index (χ3v) is 2.78. The summed E-state index contributed by atoms with van der Waals surface area (Å²) in [6.45, 7) is 1.15. The van der Waals surface area contributed by atoms with Crippen molar-refractivity contribution < 1.29 is 4.74 Å². The number of hydrogen-bond donors (Lipinski definition) is 2. The maximum atomic E-state index is 5.61. The number of rotatable bonds is 5. The maximum Gasteiger partial charge on any atom is 0.243 e. The molecule has 102 valence electrons. The van der Waals surface area contributed by atoms with Crippen LogP contribution in [0.3, 0.4) is 0 Å². The smallest absolute Gasteiger partial charge is 0.243 e. The van der Waals surface area contributed by atoms with E-state index in [-0.39, 0.29) is 0 Å². The van der Waals surface area contributed by atoms with Crippen LogP contribution in [0.1, 0.15) is 0 Å². The Morgan fingerprint density at radius 2 is 2.00 bits per heavy atom. The first kappa shape index (κ1) is 12.3. The summed E-state index contributed by atoms with van der Waals surface area (Å²) >= 11 is 0. The van der Waals surface area contributed by atoms with E-state index in [0.717, 1.165) is 17.1 Å². The van der Waals surface area contributed by atoms with E-state index >= 15 is 0 Å². The Morgan fingerprint density at radius 1 is 1.15 bits per heavy atom. The standard InChI is InChI=1S/C14H15N5O/c15-11-4-6-12(7-5-11)20-10-8-16-14-17-13-3-1-2-9-19(13)18-14/h1-7,9H,8,10,15H2,(H,16,18). The zero-order valence-corrected chi connectivity index (χ0v) is 10.9. The Labute approximate surface area is 116 Å². The van der Waals surface area contributed by atoms with Gasteiger partial charge in [0.15, 0.2) is 5.65 Å². The van der Waals surface area contributed by atoms with Crippen molar-refractivity contribution in [1.82, 2.24) is 14.6 Å². The molecule has 0 spiro atoms. The Morgan fingerprint density at radius 3 is 2.80 bits per heavy atom. The highest BCUT2D eigenvalue weighted by molar-refractivity contribution is 5.43. The molecule has 0 saturated carbocycles. The molecular weight excluding hydrogens is 254 g/mol. The number of nitrogens with one attached hydrogen (secondary N) is 1. The third kappa shape index (κ3) is 2.80. The van der Waals surface area contributed by atoms with Crippen LogP contribution in [0.2, 0.25) is 0 Å². The van der Waals surface area contributed by atoms with Gasteiger partial charge in [0, 0.05) is 11.9 Å². The number of hydrogen-bond acceptors (Lipinski definition) is 5. The van der Waals surface area contributed by atoms with Crippen molar-refractivity contribution in [3.05, 3.63) is 48.7 Å². The van der Waals surface area contributed by atoms with Crippen molar-refractivity contribution in [2.75, 3.05) is 24.2 Å². The van der Waals surface area contributed by atoms with Crippen LogP contribution < -0.4 is 15.8 Å². The molecule has 3 N–H and O–H groups in total. The topological polar surface area (TPSA) is 77.5 Å². The van der Waals surface area contributed by atoms with Gasteiger partial charge in [0.25, 0.3) is 0 Å². The van der Waals surface area contributed by atoms with E-state index in [9.17, 15) is 0 Å². The molecule has 0 aliphatic heterocycles. The first-order chi connectivity index (χ1) is 9.81. The van der Waals surface area contributed by atoms with Gasteiger partial charge in [-0.3, -0.25) is 0 Å². The lowest BCUT2D eigenvalue weighted by Crippen LogP contribution is -2.12. The predicted octanol–water partition coefficient (Wildman–Crippen LogP) is 1.80. The van der Waals surface area contributed by atoms with Gasteiger partial charge in [0.1, 0.15) is 12.4 Å². The number of anilines is 2. The molecule has 0 fully saturated rings. The Hall–Kier alpha value is -2.76. The van der Waals surface area contributed by atoms with Gasteiger partial charge in [0.2, 0.25) is 5.95 Å².